The molecule has 0 aliphatic carbocycles. The van der Waals surface area contributed by atoms with Gasteiger partial charge in [-0.05, 0) is 49.4 Å². The van der Waals surface area contributed by atoms with E-state index in [1.807, 2.05) is 57.2 Å². The number of hydrogen-bond donors (Lipinski definition) is 0. The molecule has 2 nitrogen and oxygen atoms in total. The second-order valence-electron chi connectivity index (χ2n) is 6.03. The van der Waals surface area contributed by atoms with Gasteiger partial charge in [-0.1, -0.05) is 57.5 Å². The molecule has 0 fully saturated rings. The molecular formula is C24H32F2O2. The molecule has 0 saturated heterocycles. The van der Waals surface area contributed by atoms with Crippen LogP contribution >= 0.6 is 0 Å². The molecule has 0 radical (unpaired) electrons. The first-order valence-corrected chi connectivity index (χ1v) is 9.80. The standard InChI is InChI=1S/C22H26F2O2.C2H6/c1-4-8-16(11-12-18-9-6-7-10-21(18)26-5-2)13-17-14-19(23)22(25-3)20(24)15-17;1-2/h6-7,9-12,14-16H,4-5,8,13H2,1-3H3;1-2H3/b12-11+;/i1T;. The fraction of sp³-hybridized carbons (Fsp3) is 0.417. The lowest BCUT2D eigenvalue weighted by Gasteiger charge is -2.14. The molecule has 154 valence electrons. The van der Waals surface area contributed by atoms with Crippen molar-refractivity contribution in [3.63, 3.8) is 0 Å². The average Bonchev–Trinajstić information content (AvgIpc) is 2.72. The minimum absolute atomic E-state index is 0.0669. The van der Waals surface area contributed by atoms with Crippen LogP contribution in [0.25, 0.3) is 6.08 Å². The maximum absolute atomic E-state index is 14.0. The molecule has 0 N–H and O–H groups in total. The van der Waals surface area contributed by atoms with Gasteiger partial charge in [-0.15, -0.1) is 0 Å². The van der Waals surface area contributed by atoms with Crippen LogP contribution in [0.1, 0.15) is 53.0 Å². The van der Waals surface area contributed by atoms with Gasteiger partial charge >= 0.3 is 0 Å². The smallest absolute Gasteiger partial charge is 0.190 e. The van der Waals surface area contributed by atoms with Crippen molar-refractivity contribution >= 4 is 6.08 Å². The predicted molar refractivity (Wildman–Crippen MR) is 113 cm³/mol. The summed E-state index contributed by atoms with van der Waals surface area (Å²) in [6, 6.07) is 10.4. The number of methoxy groups -OCH3 is 1. The molecule has 0 heterocycles. The summed E-state index contributed by atoms with van der Waals surface area (Å²) in [5.74, 6) is -0.883. The van der Waals surface area contributed by atoms with Gasteiger partial charge in [0.2, 0.25) is 0 Å². The lowest BCUT2D eigenvalue weighted by atomic mass is 9.93. The third-order valence-corrected chi connectivity index (χ3v) is 4.10. The van der Waals surface area contributed by atoms with Crippen molar-refractivity contribution in [2.45, 2.75) is 46.9 Å². The Balaban J connectivity index is 0.00000204. The summed E-state index contributed by atoms with van der Waals surface area (Å²) < 4.78 is 45.7. The summed E-state index contributed by atoms with van der Waals surface area (Å²) in [6.45, 7) is 6.84. The van der Waals surface area contributed by atoms with Crippen molar-refractivity contribution in [2.75, 3.05) is 13.7 Å². The zero-order chi connectivity index (χ0) is 21.6. The molecule has 4 heteroatoms. The van der Waals surface area contributed by atoms with E-state index in [0.29, 0.717) is 25.5 Å². The van der Waals surface area contributed by atoms with Gasteiger partial charge in [-0.3, -0.25) is 0 Å². The highest BCUT2D eigenvalue weighted by Crippen LogP contribution is 2.26. The van der Waals surface area contributed by atoms with Crippen molar-refractivity contribution in [1.82, 2.24) is 0 Å². The van der Waals surface area contributed by atoms with Crippen LogP contribution in [0.3, 0.4) is 0 Å². The van der Waals surface area contributed by atoms with Crippen LogP contribution in [-0.2, 0) is 6.42 Å². The zero-order valence-electron chi connectivity index (χ0n) is 18.3. The van der Waals surface area contributed by atoms with E-state index < -0.39 is 11.6 Å². The van der Waals surface area contributed by atoms with E-state index >= 15 is 0 Å². The molecule has 2 rings (SSSR count). The minimum atomic E-state index is -0.697. The van der Waals surface area contributed by atoms with E-state index in [1.165, 1.54) is 19.2 Å². The lowest BCUT2D eigenvalue weighted by molar-refractivity contribution is 0.339. The fourth-order valence-corrected chi connectivity index (χ4v) is 2.90. The Kier molecular flexibility index (Phi) is 10.1. The number of allylic oxidation sites excluding steroid dienone is 1. The van der Waals surface area contributed by atoms with Crippen molar-refractivity contribution < 1.29 is 19.6 Å². The SMILES string of the molecule is CC.[3H]CCCC(/C=C/c1ccccc1OCC)Cc1cc(F)c(OC)c(F)c1. The topological polar surface area (TPSA) is 18.5 Å². The van der Waals surface area contributed by atoms with Gasteiger partial charge in [0.1, 0.15) is 5.75 Å². The molecule has 2 aromatic rings. The van der Waals surface area contributed by atoms with E-state index in [9.17, 15) is 8.78 Å². The first-order valence-electron chi connectivity index (χ1n) is 10.5. The first kappa shape index (κ1) is 21.9. The van der Waals surface area contributed by atoms with Crippen molar-refractivity contribution in [1.29, 1.82) is 0 Å². The first-order chi connectivity index (χ1) is 14.1. The molecule has 0 aliphatic heterocycles. The van der Waals surface area contributed by atoms with E-state index in [1.54, 1.807) is 0 Å². The molecular weight excluding hydrogens is 358 g/mol. The van der Waals surface area contributed by atoms with Crippen LogP contribution in [0.2, 0.25) is 0 Å². The van der Waals surface area contributed by atoms with Crippen LogP contribution in [0.4, 0.5) is 8.78 Å². The summed E-state index contributed by atoms with van der Waals surface area (Å²) >= 11 is 0. The molecule has 2 aromatic carbocycles. The van der Waals surface area contributed by atoms with E-state index in [4.69, 9.17) is 10.8 Å². The number of benzene rings is 2. The van der Waals surface area contributed by atoms with Gasteiger partial charge in [-0.2, -0.15) is 0 Å². The summed E-state index contributed by atoms with van der Waals surface area (Å²) in [6.07, 6.45) is 6.00. The molecule has 0 saturated carbocycles. The third-order valence-electron chi connectivity index (χ3n) is 4.10. The average molecular weight is 393 g/mol. The third kappa shape index (κ3) is 6.99. The summed E-state index contributed by atoms with van der Waals surface area (Å²) in [5, 5.41) is 0. The van der Waals surface area contributed by atoms with Crippen LogP contribution in [0, 0.1) is 17.6 Å². The Morgan fingerprint density at radius 2 is 1.82 bits per heavy atom. The van der Waals surface area contributed by atoms with Gasteiger partial charge in [0.05, 0.1) is 13.7 Å². The predicted octanol–water partition coefficient (Wildman–Crippen LogP) is 7.07. The van der Waals surface area contributed by atoms with Crippen LogP contribution in [-0.4, -0.2) is 13.7 Å². The molecule has 0 amide bonds. The fourth-order valence-electron chi connectivity index (χ4n) is 2.90. The van der Waals surface area contributed by atoms with Gasteiger partial charge in [0.25, 0.3) is 0 Å². The van der Waals surface area contributed by atoms with Gasteiger partial charge in [0.15, 0.2) is 17.4 Å². The largest absolute Gasteiger partial charge is 0.493 e. The lowest BCUT2D eigenvalue weighted by Crippen LogP contribution is -2.03. The quantitative estimate of drug-likeness (QED) is 0.454. The Labute approximate surface area is 169 Å². The number of halogens is 2. The highest BCUT2D eigenvalue weighted by Gasteiger charge is 2.14. The Morgan fingerprint density at radius 1 is 1.14 bits per heavy atom. The van der Waals surface area contributed by atoms with E-state index in [-0.39, 0.29) is 11.7 Å². The Morgan fingerprint density at radius 3 is 2.43 bits per heavy atom. The number of para-hydroxylation sites is 1. The zero-order valence-corrected chi connectivity index (χ0v) is 17.3. The Hall–Kier alpha value is -2.36. The molecule has 0 aliphatic rings. The number of ether oxygens (including phenoxy) is 2. The van der Waals surface area contributed by atoms with Crippen molar-refractivity contribution in [3.8, 4) is 11.5 Å². The maximum Gasteiger partial charge on any atom is 0.190 e. The molecule has 0 spiro atoms. The van der Waals surface area contributed by atoms with E-state index in [2.05, 4.69) is 0 Å². The summed E-state index contributed by atoms with van der Waals surface area (Å²) in [4.78, 5) is 0. The van der Waals surface area contributed by atoms with Gasteiger partial charge < -0.3 is 9.47 Å². The second-order valence-corrected chi connectivity index (χ2v) is 6.03. The van der Waals surface area contributed by atoms with E-state index in [0.717, 1.165) is 24.2 Å². The highest BCUT2D eigenvalue weighted by atomic mass is 19.1. The summed E-state index contributed by atoms with van der Waals surface area (Å²) in [5.41, 5.74) is 1.53. The molecule has 1 atom stereocenters. The van der Waals surface area contributed by atoms with Crippen LogP contribution in [0.5, 0.6) is 11.5 Å². The second kappa shape index (κ2) is 12.9. The normalized spacial score (nSPS) is 12.1. The molecule has 0 aromatic heterocycles. The minimum Gasteiger partial charge on any atom is -0.493 e. The molecule has 0 bridgehead atoms. The highest BCUT2D eigenvalue weighted by molar-refractivity contribution is 5.57. The number of rotatable bonds is 9. The van der Waals surface area contributed by atoms with Crippen molar-refractivity contribution in [3.05, 3.63) is 65.2 Å². The maximum atomic E-state index is 14.0. The van der Waals surface area contributed by atoms with Gasteiger partial charge in [0, 0.05) is 6.93 Å². The van der Waals surface area contributed by atoms with Crippen LogP contribution in [0.15, 0.2) is 42.5 Å². The van der Waals surface area contributed by atoms with Crippen molar-refractivity contribution in [2.24, 2.45) is 5.92 Å². The van der Waals surface area contributed by atoms with Gasteiger partial charge in [-0.25, -0.2) is 8.78 Å². The Bertz CT molecular complexity index is 739. The number of hydrogen-bond acceptors (Lipinski definition) is 2. The molecule has 1 unspecified atom stereocenters. The summed E-state index contributed by atoms with van der Waals surface area (Å²) in [7, 11) is 1.25. The monoisotopic (exact) mass is 392 g/mol. The molecule has 28 heavy (non-hydrogen) atoms. The van der Waals surface area contributed by atoms with Crippen LogP contribution < -0.4 is 9.47 Å².